The Kier molecular flexibility index (Phi) is 7.77. The fourth-order valence-corrected chi connectivity index (χ4v) is 4.47. The lowest BCUT2D eigenvalue weighted by atomic mass is 9.85. The highest BCUT2D eigenvalue weighted by Gasteiger charge is 2.46. The number of nitrogens with zero attached hydrogens (tertiary/aromatic N) is 2. The van der Waals surface area contributed by atoms with E-state index in [0.717, 1.165) is 29.5 Å². The summed E-state index contributed by atoms with van der Waals surface area (Å²) in [6, 6.07) is 17.8. The Balaban J connectivity index is 1.80. The number of ether oxygens (including phenoxy) is 1. The zero-order valence-electron chi connectivity index (χ0n) is 21.9. The van der Waals surface area contributed by atoms with Gasteiger partial charge in [0.05, 0.1) is 18.2 Å². The zero-order chi connectivity index (χ0) is 26.6. The summed E-state index contributed by atoms with van der Waals surface area (Å²) in [5, 5.41) is 11.4. The molecule has 2 heterocycles. The lowest BCUT2D eigenvalue weighted by Gasteiger charge is -2.26. The minimum atomic E-state index is -0.737. The second kappa shape index (κ2) is 11.0. The molecule has 0 spiro atoms. The van der Waals surface area contributed by atoms with Gasteiger partial charge in [0.2, 0.25) is 0 Å². The molecule has 1 fully saturated rings. The van der Waals surface area contributed by atoms with Crippen LogP contribution in [0.3, 0.4) is 0 Å². The second-order valence-electron chi connectivity index (χ2n) is 10.4. The summed E-state index contributed by atoms with van der Waals surface area (Å²) in [6.07, 6.45) is 5.26. The van der Waals surface area contributed by atoms with Gasteiger partial charge < -0.3 is 14.7 Å². The number of unbranched alkanes of at least 4 members (excludes halogenated alkanes) is 1. The maximum absolute atomic E-state index is 13.4. The number of carbonyl (C=O) groups excluding carboxylic acids is 2. The third-order valence-electron chi connectivity index (χ3n) is 6.58. The van der Waals surface area contributed by atoms with Crippen LogP contribution in [0, 0.1) is 0 Å². The lowest BCUT2D eigenvalue weighted by molar-refractivity contribution is -0.140. The van der Waals surface area contributed by atoms with E-state index in [1.54, 1.807) is 36.7 Å². The van der Waals surface area contributed by atoms with Gasteiger partial charge in [-0.1, -0.05) is 76.6 Å². The van der Waals surface area contributed by atoms with Crippen molar-refractivity contribution in [3.05, 3.63) is 101 Å². The molecule has 1 N–H and O–H groups in total. The molecule has 1 atom stereocenters. The molecule has 1 saturated heterocycles. The van der Waals surface area contributed by atoms with E-state index in [1.807, 2.05) is 36.4 Å². The number of benzene rings is 2. The molecule has 192 valence electrons. The molecule has 6 nitrogen and oxygen atoms in total. The van der Waals surface area contributed by atoms with E-state index in [1.165, 1.54) is 4.90 Å². The van der Waals surface area contributed by atoms with Crippen molar-refractivity contribution < 1.29 is 19.4 Å². The summed E-state index contributed by atoms with van der Waals surface area (Å²) in [4.78, 5) is 32.3. The summed E-state index contributed by atoms with van der Waals surface area (Å²) in [5.41, 5.74) is 3.15. The van der Waals surface area contributed by atoms with Gasteiger partial charge in [0.25, 0.3) is 11.7 Å². The fourth-order valence-electron chi connectivity index (χ4n) is 4.47. The predicted molar refractivity (Wildman–Crippen MR) is 144 cm³/mol. The van der Waals surface area contributed by atoms with Gasteiger partial charge in [-0.25, -0.2) is 0 Å². The van der Waals surface area contributed by atoms with Crippen LogP contribution in [-0.2, 0) is 21.5 Å². The number of pyridine rings is 1. The highest BCUT2D eigenvalue weighted by Crippen LogP contribution is 2.41. The van der Waals surface area contributed by atoms with E-state index in [4.69, 9.17) is 4.74 Å². The molecule has 6 heteroatoms. The van der Waals surface area contributed by atoms with Gasteiger partial charge in [0.1, 0.15) is 11.5 Å². The first-order chi connectivity index (χ1) is 17.7. The molecule has 1 unspecified atom stereocenters. The average molecular weight is 499 g/mol. The molecule has 1 aromatic heterocycles. The van der Waals surface area contributed by atoms with Crippen LogP contribution in [0.1, 0.15) is 68.8 Å². The third kappa shape index (κ3) is 5.74. The molecule has 3 aromatic rings. The smallest absolute Gasteiger partial charge is 0.295 e. The van der Waals surface area contributed by atoms with Crippen molar-refractivity contribution in [1.82, 2.24) is 9.88 Å². The number of amides is 1. The predicted octanol–water partition coefficient (Wildman–Crippen LogP) is 6.18. The van der Waals surface area contributed by atoms with Crippen molar-refractivity contribution in [2.24, 2.45) is 0 Å². The first-order valence-electron chi connectivity index (χ1n) is 12.7. The first kappa shape index (κ1) is 26.1. The van der Waals surface area contributed by atoms with Gasteiger partial charge >= 0.3 is 0 Å². The van der Waals surface area contributed by atoms with Crippen molar-refractivity contribution in [2.75, 3.05) is 6.61 Å². The van der Waals surface area contributed by atoms with E-state index in [0.29, 0.717) is 17.9 Å². The Morgan fingerprint density at radius 1 is 1.05 bits per heavy atom. The molecule has 0 bridgehead atoms. The molecular formula is C31H34N2O4. The monoisotopic (exact) mass is 498 g/mol. The largest absolute Gasteiger partial charge is 0.507 e. The molecule has 0 radical (unpaired) electrons. The van der Waals surface area contributed by atoms with Crippen molar-refractivity contribution in [3.8, 4) is 5.75 Å². The minimum absolute atomic E-state index is 0.0474. The van der Waals surface area contributed by atoms with Crippen LogP contribution >= 0.6 is 0 Å². The van der Waals surface area contributed by atoms with Crippen LogP contribution in [0.5, 0.6) is 5.75 Å². The topological polar surface area (TPSA) is 79.7 Å². The quantitative estimate of drug-likeness (QED) is 0.174. The molecule has 37 heavy (non-hydrogen) atoms. The summed E-state index contributed by atoms with van der Waals surface area (Å²) in [6.45, 7) is 9.24. The molecule has 2 aromatic carbocycles. The molecule has 1 aliphatic heterocycles. The normalized spacial score (nSPS) is 17.3. The number of aliphatic hydroxyl groups excluding tert-OH is 1. The summed E-state index contributed by atoms with van der Waals surface area (Å²) >= 11 is 0. The third-order valence-corrected chi connectivity index (χ3v) is 6.58. The van der Waals surface area contributed by atoms with Gasteiger partial charge in [-0.05, 0) is 46.7 Å². The van der Waals surface area contributed by atoms with Crippen LogP contribution in [0.4, 0.5) is 0 Å². The summed E-state index contributed by atoms with van der Waals surface area (Å²) in [5.74, 6) is -0.958. The van der Waals surface area contributed by atoms with Crippen molar-refractivity contribution in [3.63, 3.8) is 0 Å². The van der Waals surface area contributed by atoms with E-state index in [2.05, 4.69) is 32.7 Å². The van der Waals surface area contributed by atoms with Gasteiger partial charge in [0.15, 0.2) is 0 Å². The van der Waals surface area contributed by atoms with Crippen molar-refractivity contribution >= 4 is 17.4 Å². The zero-order valence-corrected chi connectivity index (χ0v) is 21.9. The van der Waals surface area contributed by atoms with Crippen LogP contribution < -0.4 is 4.74 Å². The molecule has 4 rings (SSSR count). The van der Waals surface area contributed by atoms with Gasteiger partial charge in [-0.2, -0.15) is 0 Å². The fraction of sp³-hybridized carbons (Fsp3) is 0.323. The number of hydrogen-bond acceptors (Lipinski definition) is 5. The van der Waals surface area contributed by atoms with Crippen LogP contribution in [0.2, 0.25) is 0 Å². The van der Waals surface area contributed by atoms with Crippen LogP contribution in [-0.4, -0.2) is 33.3 Å². The molecule has 0 saturated carbocycles. The number of Topliss-reactive ketones (excluding diaryl/α,β-unsaturated/α-hetero) is 1. The van der Waals surface area contributed by atoms with Crippen LogP contribution in [0.25, 0.3) is 5.76 Å². The highest BCUT2D eigenvalue weighted by molar-refractivity contribution is 6.46. The Labute approximate surface area is 218 Å². The highest BCUT2D eigenvalue weighted by atomic mass is 16.5. The Bertz CT molecular complexity index is 1290. The SMILES string of the molecule is CCCCOc1cccc(/C(O)=C2\C(=O)C(=O)N(Cc3cccnc3)C2c2ccc(C(C)(C)C)cc2)c1. The van der Waals surface area contributed by atoms with Gasteiger partial charge in [0, 0.05) is 24.5 Å². The first-order valence-corrected chi connectivity index (χ1v) is 12.7. The second-order valence-corrected chi connectivity index (χ2v) is 10.4. The molecule has 1 amide bonds. The number of hydrogen-bond donors (Lipinski definition) is 1. The Morgan fingerprint density at radius 2 is 1.81 bits per heavy atom. The number of carbonyl (C=O) groups is 2. The van der Waals surface area contributed by atoms with Gasteiger partial charge in [-0.3, -0.25) is 14.6 Å². The van der Waals surface area contributed by atoms with Crippen LogP contribution in [0.15, 0.2) is 78.6 Å². The van der Waals surface area contributed by atoms with E-state index < -0.39 is 17.7 Å². The molecule has 0 aliphatic carbocycles. The standard InChI is InChI=1S/C31H34N2O4/c1-5-6-17-37-25-11-7-10-23(18-25)28(34)26-27(22-12-14-24(15-13-22)31(2,3)4)33(30(36)29(26)35)20-21-9-8-16-32-19-21/h7-16,18-19,27,34H,5-6,17,20H2,1-4H3/b28-26+. The van der Waals surface area contributed by atoms with Gasteiger partial charge in [-0.15, -0.1) is 0 Å². The minimum Gasteiger partial charge on any atom is -0.507 e. The number of aliphatic hydroxyl groups is 1. The molecule has 1 aliphatic rings. The van der Waals surface area contributed by atoms with Crippen molar-refractivity contribution in [1.29, 1.82) is 0 Å². The van der Waals surface area contributed by atoms with E-state index in [9.17, 15) is 14.7 Å². The van der Waals surface area contributed by atoms with Crippen molar-refractivity contribution in [2.45, 2.75) is 58.5 Å². The van der Waals surface area contributed by atoms with E-state index in [-0.39, 0.29) is 23.3 Å². The number of ketones is 1. The summed E-state index contributed by atoms with van der Waals surface area (Å²) < 4.78 is 5.80. The molecular weight excluding hydrogens is 464 g/mol. The Morgan fingerprint density at radius 3 is 2.46 bits per heavy atom. The summed E-state index contributed by atoms with van der Waals surface area (Å²) in [7, 11) is 0. The lowest BCUT2D eigenvalue weighted by Crippen LogP contribution is -2.29. The Hall–Kier alpha value is -3.93. The van der Waals surface area contributed by atoms with E-state index >= 15 is 0 Å². The number of aromatic nitrogens is 1. The number of likely N-dealkylation sites (tertiary alicyclic amines) is 1. The average Bonchev–Trinajstić information content (AvgIpc) is 3.14. The number of rotatable bonds is 8. The maximum atomic E-state index is 13.4. The maximum Gasteiger partial charge on any atom is 0.295 e.